The Morgan fingerprint density at radius 3 is 2.86 bits per heavy atom. The molecule has 84 valence electrons. The molecular weight excluding hydrogens is 178 g/mol. The number of hydrogen-bond donors (Lipinski definition) is 1. The van der Waals surface area contributed by atoms with E-state index in [1.165, 1.54) is 12.8 Å². The molecule has 1 aliphatic rings. The number of rotatable bonds is 6. The van der Waals surface area contributed by atoms with Crippen LogP contribution in [0.25, 0.3) is 0 Å². The highest BCUT2D eigenvalue weighted by atomic mass is 16.5. The summed E-state index contributed by atoms with van der Waals surface area (Å²) in [6, 6.07) is 0. The molecule has 0 saturated carbocycles. The van der Waals surface area contributed by atoms with Crippen molar-refractivity contribution in [2.24, 2.45) is 5.92 Å². The molecule has 1 saturated heterocycles. The van der Waals surface area contributed by atoms with Crippen molar-refractivity contribution in [3.63, 3.8) is 0 Å². The Bertz CT molecular complexity index is 146. The van der Waals surface area contributed by atoms with E-state index in [1.54, 1.807) is 0 Å². The van der Waals surface area contributed by atoms with Crippen molar-refractivity contribution in [1.29, 1.82) is 0 Å². The second-order valence-corrected chi connectivity index (χ2v) is 4.27. The predicted octanol–water partition coefficient (Wildman–Crippen LogP) is 1.12. The van der Waals surface area contributed by atoms with Gasteiger partial charge in [0.1, 0.15) is 0 Å². The van der Waals surface area contributed by atoms with Gasteiger partial charge >= 0.3 is 0 Å². The first-order valence-corrected chi connectivity index (χ1v) is 5.71. The second kappa shape index (κ2) is 6.38. The lowest BCUT2D eigenvalue weighted by atomic mass is 10.1. The molecule has 3 heteroatoms. The van der Waals surface area contributed by atoms with E-state index >= 15 is 0 Å². The van der Waals surface area contributed by atoms with Gasteiger partial charge in [-0.2, -0.15) is 0 Å². The molecule has 0 bridgehead atoms. The van der Waals surface area contributed by atoms with Crippen molar-refractivity contribution >= 4 is 0 Å². The zero-order chi connectivity index (χ0) is 10.4. The summed E-state index contributed by atoms with van der Waals surface area (Å²) in [6.45, 7) is 8.51. The molecule has 2 unspecified atom stereocenters. The number of aliphatic hydroxyl groups excluding tert-OH is 1. The fourth-order valence-corrected chi connectivity index (χ4v) is 1.91. The van der Waals surface area contributed by atoms with E-state index in [9.17, 15) is 0 Å². The van der Waals surface area contributed by atoms with Crippen LogP contribution in [-0.4, -0.2) is 49.0 Å². The molecule has 0 amide bonds. The average molecular weight is 201 g/mol. The Hall–Kier alpha value is -0.120. The van der Waals surface area contributed by atoms with Crippen LogP contribution in [0.2, 0.25) is 0 Å². The summed E-state index contributed by atoms with van der Waals surface area (Å²) in [7, 11) is 0. The Morgan fingerprint density at radius 2 is 2.36 bits per heavy atom. The second-order valence-electron chi connectivity index (χ2n) is 4.27. The molecule has 1 N–H and O–H groups in total. The van der Waals surface area contributed by atoms with Crippen molar-refractivity contribution in [1.82, 2.24) is 4.90 Å². The van der Waals surface area contributed by atoms with Crippen molar-refractivity contribution < 1.29 is 9.84 Å². The topological polar surface area (TPSA) is 32.7 Å². The monoisotopic (exact) mass is 201 g/mol. The first kappa shape index (κ1) is 12.0. The minimum Gasteiger partial charge on any atom is -0.396 e. The van der Waals surface area contributed by atoms with Gasteiger partial charge in [-0.3, -0.25) is 0 Å². The molecule has 0 radical (unpaired) electrons. The standard InChI is InChI=1S/C11H23NO2/c1-3-12(7-10(2)9-13)8-11-5-4-6-14-11/h10-11,13H,3-9H2,1-2H3. The van der Waals surface area contributed by atoms with Gasteiger partial charge in [0, 0.05) is 26.3 Å². The van der Waals surface area contributed by atoms with Crippen molar-refractivity contribution in [2.75, 3.05) is 32.8 Å². The smallest absolute Gasteiger partial charge is 0.0702 e. The van der Waals surface area contributed by atoms with Crippen molar-refractivity contribution in [3.8, 4) is 0 Å². The van der Waals surface area contributed by atoms with Crippen LogP contribution in [0, 0.1) is 5.92 Å². The van der Waals surface area contributed by atoms with Gasteiger partial charge in [-0.1, -0.05) is 13.8 Å². The zero-order valence-corrected chi connectivity index (χ0v) is 9.41. The van der Waals surface area contributed by atoms with Gasteiger partial charge in [0.25, 0.3) is 0 Å². The first-order valence-electron chi connectivity index (χ1n) is 5.71. The maximum atomic E-state index is 8.98. The highest BCUT2D eigenvalue weighted by Crippen LogP contribution is 2.13. The van der Waals surface area contributed by atoms with Crippen LogP contribution in [0.1, 0.15) is 26.7 Å². The van der Waals surface area contributed by atoms with E-state index in [2.05, 4.69) is 18.7 Å². The third-order valence-corrected chi connectivity index (χ3v) is 2.81. The summed E-state index contributed by atoms with van der Waals surface area (Å²) in [5.74, 6) is 0.372. The van der Waals surface area contributed by atoms with E-state index in [4.69, 9.17) is 9.84 Å². The van der Waals surface area contributed by atoms with Gasteiger partial charge in [0.05, 0.1) is 6.10 Å². The van der Waals surface area contributed by atoms with Crippen LogP contribution in [0.4, 0.5) is 0 Å². The van der Waals surface area contributed by atoms with E-state index in [-0.39, 0.29) is 6.61 Å². The maximum absolute atomic E-state index is 8.98. The largest absolute Gasteiger partial charge is 0.396 e. The van der Waals surface area contributed by atoms with E-state index in [1.807, 2.05) is 0 Å². The number of likely N-dealkylation sites (N-methyl/N-ethyl adjacent to an activating group) is 1. The van der Waals surface area contributed by atoms with Crippen LogP contribution < -0.4 is 0 Å². The van der Waals surface area contributed by atoms with Crippen molar-refractivity contribution in [2.45, 2.75) is 32.8 Å². The summed E-state index contributed by atoms with van der Waals surface area (Å²) >= 11 is 0. The molecule has 1 aliphatic heterocycles. The Labute approximate surface area is 87.1 Å². The molecular formula is C11H23NO2. The summed E-state index contributed by atoms with van der Waals surface area (Å²) in [4.78, 5) is 2.37. The average Bonchev–Trinajstić information content (AvgIpc) is 2.69. The quantitative estimate of drug-likeness (QED) is 0.699. The van der Waals surface area contributed by atoms with Gasteiger partial charge in [-0.15, -0.1) is 0 Å². The van der Waals surface area contributed by atoms with Crippen LogP contribution in [0.5, 0.6) is 0 Å². The summed E-state index contributed by atoms with van der Waals surface area (Å²) in [5, 5.41) is 8.98. The summed E-state index contributed by atoms with van der Waals surface area (Å²) < 4.78 is 5.60. The molecule has 2 atom stereocenters. The van der Waals surface area contributed by atoms with Crippen LogP contribution in [-0.2, 0) is 4.74 Å². The molecule has 3 nitrogen and oxygen atoms in total. The maximum Gasteiger partial charge on any atom is 0.0702 e. The van der Waals surface area contributed by atoms with E-state index in [0.717, 1.165) is 26.2 Å². The molecule has 0 spiro atoms. The molecule has 0 aromatic carbocycles. The molecule has 14 heavy (non-hydrogen) atoms. The molecule has 0 aromatic rings. The normalized spacial score (nSPS) is 24.4. The van der Waals surface area contributed by atoms with Crippen LogP contribution in [0.15, 0.2) is 0 Å². The minimum absolute atomic E-state index is 0.280. The van der Waals surface area contributed by atoms with E-state index < -0.39 is 0 Å². The SMILES string of the molecule is CCN(CC(C)CO)CC1CCCO1. The molecule has 0 aromatic heterocycles. The lowest BCUT2D eigenvalue weighted by Crippen LogP contribution is -2.36. The Kier molecular flexibility index (Phi) is 5.45. The molecule has 0 aliphatic carbocycles. The van der Waals surface area contributed by atoms with Crippen LogP contribution in [0.3, 0.4) is 0 Å². The Balaban J connectivity index is 2.22. The summed E-state index contributed by atoms with van der Waals surface area (Å²) in [6.07, 6.45) is 2.84. The Morgan fingerprint density at radius 1 is 1.57 bits per heavy atom. The number of aliphatic hydroxyl groups is 1. The van der Waals surface area contributed by atoms with Gasteiger partial charge in [0.15, 0.2) is 0 Å². The van der Waals surface area contributed by atoms with E-state index in [0.29, 0.717) is 12.0 Å². The fourth-order valence-electron chi connectivity index (χ4n) is 1.91. The molecule has 1 heterocycles. The predicted molar refractivity (Wildman–Crippen MR) is 57.3 cm³/mol. The summed E-state index contributed by atoms with van der Waals surface area (Å²) in [5.41, 5.74) is 0. The number of nitrogens with zero attached hydrogens (tertiary/aromatic N) is 1. The number of hydrogen-bond acceptors (Lipinski definition) is 3. The van der Waals surface area contributed by atoms with Gasteiger partial charge in [-0.25, -0.2) is 0 Å². The first-order chi connectivity index (χ1) is 6.76. The zero-order valence-electron chi connectivity index (χ0n) is 9.41. The molecule has 1 fully saturated rings. The number of ether oxygens (including phenoxy) is 1. The lowest BCUT2D eigenvalue weighted by Gasteiger charge is -2.25. The van der Waals surface area contributed by atoms with Gasteiger partial charge in [0.2, 0.25) is 0 Å². The van der Waals surface area contributed by atoms with Crippen LogP contribution >= 0.6 is 0 Å². The lowest BCUT2D eigenvalue weighted by molar-refractivity contribution is 0.0658. The fraction of sp³-hybridized carbons (Fsp3) is 1.00. The highest BCUT2D eigenvalue weighted by Gasteiger charge is 2.19. The van der Waals surface area contributed by atoms with Crippen molar-refractivity contribution in [3.05, 3.63) is 0 Å². The molecule has 1 rings (SSSR count). The van der Waals surface area contributed by atoms with Gasteiger partial charge in [-0.05, 0) is 25.3 Å². The van der Waals surface area contributed by atoms with Gasteiger partial charge < -0.3 is 14.7 Å². The highest BCUT2D eigenvalue weighted by molar-refractivity contribution is 4.71. The minimum atomic E-state index is 0.280. The third-order valence-electron chi connectivity index (χ3n) is 2.81. The third kappa shape index (κ3) is 3.95.